The van der Waals surface area contributed by atoms with E-state index in [1.165, 1.54) is 0 Å². The van der Waals surface area contributed by atoms with Gasteiger partial charge in [-0.05, 0) is 48.9 Å². The van der Waals surface area contributed by atoms with Crippen molar-refractivity contribution in [1.82, 2.24) is 0 Å². The number of hydrogen-bond acceptors (Lipinski definition) is 2. The number of halogens is 2. The smallest absolute Gasteiger partial charge is 0.100 e. The molecule has 102 valence electrons. The molecule has 0 amide bonds. The number of nitrogens with zero attached hydrogens (tertiary/aromatic N) is 3. The molecule has 1 saturated carbocycles. The van der Waals surface area contributed by atoms with Crippen LogP contribution in [-0.2, 0) is 0 Å². The predicted octanol–water partition coefficient (Wildman–Crippen LogP) is 4.33. The zero-order valence-corrected chi connectivity index (χ0v) is 11.1. The number of aliphatic hydroxyl groups is 1. The van der Waals surface area contributed by atoms with Crippen LogP contribution >= 0.6 is 11.6 Å². The predicted molar refractivity (Wildman–Crippen MR) is 71.7 cm³/mol. The van der Waals surface area contributed by atoms with Crippen LogP contribution in [-0.4, -0.2) is 16.9 Å². The Bertz CT molecular complexity index is 496. The molecule has 1 atom stereocenters. The topological polar surface area (TPSA) is 69.0 Å². The summed E-state index contributed by atoms with van der Waals surface area (Å²) in [6.45, 7) is 0. The molecule has 0 saturated heterocycles. The number of azide groups is 1. The van der Waals surface area contributed by atoms with Gasteiger partial charge in [0.25, 0.3) is 0 Å². The van der Waals surface area contributed by atoms with Gasteiger partial charge in [0.05, 0.1) is 11.6 Å². The maximum Gasteiger partial charge on any atom is 0.100 e. The molecule has 19 heavy (non-hydrogen) atoms. The molecule has 0 spiro atoms. The summed E-state index contributed by atoms with van der Waals surface area (Å²) in [5.41, 5.74) is 8.17. The standard InChI is InChI=1S/C13H15ClFN3O/c14-10-3-1-2-9(8-10)12(17-18-16)13(19)6-4-11(15)5-7-13/h1-3,8,11-12,19H,4-7H2/t11-,12?,13-. The minimum absolute atomic E-state index is 0.282. The molecule has 0 aliphatic heterocycles. The van der Waals surface area contributed by atoms with Gasteiger partial charge in [0, 0.05) is 9.93 Å². The minimum Gasteiger partial charge on any atom is -0.389 e. The molecular formula is C13H15ClFN3O. The Morgan fingerprint density at radius 3 is 2.74 bits per heavy atom. The van der Waals surface area contributed by atoms with E-state index in [4.69, 9.17) is 17.1 Å². The number of hydrogen-bond donors (Lipinski definition) is 1. The van der Waals surface area contributed by atoms with Crippen molar-refractivity contribution in [2.45, 2.75) is 43.5 Å². The molecule has 6 heteroatoms. The summed E-state index contributed by atoms with van der Waals surface area (Å²) in [7, 11) is 0. The van der Waals surface area contributed by atoms with E-state index in [9.17, 15) is 9.50 Å². The molecule has 4 nitrogen and oxygen atoms in total. The molecule has 1 aromatic rings. The largest absolute Gasteiger partial charge is 0.389 e. The quantitative estimate of drug-likeness (QED) is 0.500. The highest BCUT2D eigenvalue weighted by Crippen LogP contribution is 2.42. The first-order valence-corrected chi connectivity index (χ1v) is 6.59. The molecule has 1 aliphatic carbocycles. The van der Waals surface area contributed by atoms with Crippen LogP contribution in [0.4, 0.5) is 4.39 Å². The van der Waals surface area contributed by atoms with Crippen molar-refractivity contribution in [3.05, 3.63) is 45.3 Å². The molecule has 1 aromatic carbocycles. The van der Waals surface area contributed by atoms with E-state index < -0.39 is 17.8 Å². The lowest BCUT2D eigenvalue weighted by Gasteiger charge is -2.38. The van der Waals surface area contributed by atoms with Gasteiger partial charge in [-0.3, -0.25) is 0 Å². The Labute approximate surface area is 115 Å². The molecule has 1 aliphatic rings. The normalized spacial score (nSPS) is 28.5. The van der Waals surface area contributed by atoms with Gasteiger partial charge in [0.15, 0.2) is 0 Å². The summed E-state index contributed by atoms with van der Waals surface area (Å²) in [5.74, 6) is 0. The fourth-order valence-electron chi connectivity index (χ4n) is 2.57. The van der Waals surface area contributed by atoms with E-state index in [0.29, 0.717) is 10.6 Å². The fraction of sp³-hybridized carbons (Fsp3) is 0.538. The first kappa shape index (κ1) is 14.1. The SMILES string of the molecule is [N-]=[N+]=NC(c1cccc(Cl)c1)[C@]1(O)CC[C@H](F)CC1. The Kier molecular flexibility index (Phi) is 4.30. The van der Waals surface area contributed by atoms with E-state index in [-0.39, 0.29) is 25.7 Å². The van der Waals surface area contributed by atoms with Crippen LogP contribution in [0.5, 0.6) is 0 Å². The molecule has 2 rings (SSSR count). The Morgan fingerprint density at radius 2 is 2.16 bits per heavy atom. The number of rotatable bonds is 3. The zero-order valence-electron chi connectivity index (χ0n) is 10.3. The molecule has 1 unspecified atom stereocenters. The average molecular weight is 284 g/mol. The van der Waals surface area contributed by atoms with Gasteiger partial charge in [-0.25, -0.2) is 4.39 Å². The summed E-state index contributed by atoms with van der Waals surface area (Å²) in [6.07, 6.45) is 0.254. The molecule has 0 aromatic heterocycles. The van der Waals surface area contributed by atoms with Crippen molar-refractivity contribution < 1.29 is 9.50 Å². The van der Waals surface area contributed by atoms with Crippen molar-refractivity contribution >= 4 is 11.6 Å². The summed E-state index contributed by atoms with van der Waals surface area (Å²) in [6, 6.07) is 6.14. The highest BCUT2D eigenvalue weighted by atomic mass is 35.5. The van der Waals surface area contributed by atoms with E-state index in [1.54, 1.807) is 24.3 Å². The highest BCUT2D eigenvalue weighted by Gasteiger charge is 2.40. The van der Waals surface area contributed by atoms with E-state index in [1.807, 2.05) is 0 Å². The molecule has 1 fully saturated rings. The van der Waals surface area contributed by atoms with E-state index >= 15 is 0 Å². The van der Waals surface area contributed by atoms with Crippen molar-refractivity contribution in [2.24, 2.45) is 5.11 Å². The van der Waals surface area contributed by atoms with Gasteiger partial charge in [-0.2, -0.15) is 0 Å². The van der Waals surface area contributed by atoms with Crippen molar-refractivity contribution in [1.29, 1.82) is 0 Å². The Balaban J connectivity index is 2.32. The molecule has 0 bridgehead atoms. The molecular weight excluding hydrogens is 269 g/mol. The fourth-order valence-corrected chi connectivity index (χ4v) is 2.77. The lowest BCUT2D eigenvalue weighted by molar-refractivity contribution is -0.0361. The Morgan fingerprint density at radius 1 is 1.47 bits per heavy atom. The van der Waals surface area contributed by atoms with Crippen molar-refractivity contribution in [3.8, 4) is 0 Å². The van der Waals surface area contributed by atoms with Gasteiger partial charge < -0.3 is 5.11 Å². The van der Waals surface area contributed by atoms with E-state index in [0.717, 1.165) is 0 Å². The second-order valence-electron chi connectivity index (χ2n) is 4.94. The summed E-state index contributed by atoms with van der Waals surface area (Å²) in [4.78, 5) is 2.81. The molecule has 1 N–H and O–H groups in total. The van der Waals surface area contributed by atoms with Gasteiger partial charge in [-0.1, -0.05) is 28.8 Å². The lowest BCUT2D eigenvalue weighted by Crippen LogP contribution is -2.39. The van der Waals surface area contributed by atoms with Crippen molar-refractivity contribution in [2.75, 3.05) is 0 Å². The van der Waals surface area contributed by atoms with Crippen LogP contribution in [0.25, 0.3) is 10.4 Å². The lowest BCUT2D eigenvalue weighted by atomic mass is 9.76. The van der Waals surface area contributed by atoms with Gasteiger partial charge in [-0.15, -0.1) is 0 Å². The Hall–Kier alpha value is -1.29. The van der Waals surface area contributed by atoms with Crippen LogP contribution in [0.3, 0.4) is 0 Å². The van der Waals surface area contributed by atoms with Crippen LogP contribution in [0.15, 0.2) is 29.4 Å². The van der Waals surface area contributed by atoms with Crippen LogP contribution in [0, 0.1) is 0 Å². The number of benzene rings is 1. The van der Waals surface area contributed by atoms with E-state index in [2.05, 4.69) is 10.0 Å². The van der Waals surface area contributed by atoms with Gasteiger partial charge >= 0.3 is 0 Å². The number of alkyl halides is 1. The third-order valence-electron chi connectivity index (χ3n) is 3.62. The van der Waals surface area contributed by atoms with Crippen molar-refractivity contribution in [3.63, 3.8) is 0 Å². The zero-order chi connectivity index (χ0) is 13.9. The maximum atomic E-state index is 13.2. The summed E-state index contributed by atoms with van der Waals surface area (Å²) >= 11 is 5.92. The van der Waals surface area contributed by atoms with Crippen LogP contribution < -0.4 is 0 Å². The first-order valence-electron chi connectivity index (χ1n) is 6.21. The summed E-state index contributed by atoms with van der Waals surface area (Å²) < 4.78 is 13.2. The third-order valence-corrected chi connectivity index (χ3v) is 3.86. The second kappa shape index (κ2) is 5.78. The minimum atomic E-state index is -1.19. The second-order valence-corrected chi connectivity index (χ2v) is 5.38. The van der Waals surface area contributed by atoms with Crippen LogP contribution in [0.1, 0.15) is 37.3 Å². The maximum absolute atomic E-state index is 13.2. The van der Waals surface area contributed by atoms with Gasteiger partial charge in [0.2, 0.25) is 0 Å². The molecule has 0 heterocycles. The van der Waals surface area contributed by atoms with Crippen LogP contribution in [0.2, 0.25) is 5.02 Å². The average Bonchev–Trinajstić information content (AvgIpc) is 2.39. The highest BCUT2D eigenvalue weighted by molar-refractivity contribution is 6.30. The monoisotopic (exact) mass is 283 g/mol. The summed E-state index contributed by atoms with van der Waals surface area (Å²) in [5, 5.41) is 14.9. The first-order chi connectivity index (χ1) is 9.05. The molecule has 0 radical (unpaired) electrons. The van der Waals surface area contributed by atoms with Gasteiger partial charge in [0.1, 0.15) is 6.17 Å². The third kappa shape index (κ3) is 3.18.